The molecule has 0 bridgehead atoms. The molecule has 0 aliphatic heterocycles. The number of hydrogen-bond donors (Lipinski definition) is 3. The third-order valence-electron chi connectivity index (χ3n) is 8.26. The van der Waals surface area contributed by atoms with Gasteiger partial charge in [0.05, 0.1) is 17.9 Å². The lowest BCUT2D eigenvalue weighted by molar-refractivity contribution is -0.122. The number of carbonyl (C=O) groups is 1. The summed E-state index contributed by atoms with van der Waals surface area (Å²) in [6.45, 7) is 4.40. The summed E-state index contributed by atoms with van der Waals surface area (Å²) in [7, 11) is -4.35. The minimum atomic E-state index is -4.35. The summed E-state index contributed by atoms with van der Waals surface area (Å²) in [5, 5.41) is 13.2. The Labute approximate surface area is 284 Å². The second kappa shape index (κ2) is 33.2. The smallest absolute Gasteiger partial charge is 0.267 e. The molecule has 0 radical (unpaired) electrons. The van der Waals surface area contributed by atoms with Crippen molar-refractivity contribution in [3.05, 3.63) is 48.6 Å². The maximum absolute atomic E-state index is 12.5. The summed E-state index contributed by atoms with van der Waals surface area (Å²) in [6.07, 6.45) is 43.7. The summed E-state index contributed by atoms with van der Waals surface area (Å²) in [5.41, 5.74) is 0. The van der Waals surface area contributed by atoms with Crippen LogP contribution in [0.1, 0.15) is 174 Å². The molecule has 3 N–H and O–H groups in total. The van der Waals surface area contributed by atoms with Crippen LogP contribution in [0.4, 0.5) is 0 Å². The number of hydrogen-bond acceptors (Lipinski definition) is 4. The summed E-state index contributed by atoms with van der Waals surface area (Å²) < 4.78 is 32.4. The molecule has 0 aromatic carbocycles. The van der Waals surface area contributed by atoms with Gasteiger partial charge < -0.3 is 10.4 Å². The summed E-state index contributed by atoms with van der Waals surface area (Å²) >= 11 is 0. The molecule has 0 fully saturated rings. The predicted molar refractivity (Wildman–Crippen MR) is 198 cm³/mol. The first-order chi connectivity index (χ1) is 22.3. The zero-order valence-corrected chi connectivity index (χ0v) is 30.5. The molecular weight excluding hydrogens is 594 g/mol. The molecule has 0 heterocycles. The fraction of sp³-hybridized carbons (Fsp3) is 0.769. The molecule has 268 valence electrons. The lowest BCUT2D eigenvalue weighted by atomic mass is 10.0. The SMILES string of the molecule is CC/C=C\C/C=C\C/C=C\CCCCCCCC(=O)NC(CS(=O)(=O)O)C(O)/C=C/CCCCCCCCCCCCCCCC. The Bertz CT molecular complexity index is 909. The van der Waals surface area contributed by atoms with E-state index >= 15 is 0 Å². The fourth-order valence-corrected chi connectivity index (χ4v) is 6.20. The fourth-order valence-electron chi connectivity index (χ4n) is 5.46. The van der Waals surface area contributed by atoms with Crippen LogP contribution in [0.5, 0.6) is 0 Å². The predicted octanol–water partition coefficient (Wildman–Crippen LogP) is 10.7. The van der Waals surface area contributed by atoms with Crippen molar-refractivity contribution >= 4 is 16.0 Å². The van der Waals surface area contributed by atoms with Crippen LogP contribution in [0.15, 0.2) is 48.6 Å². The zero-order valence-electron chi connectivity index (χ0n) is 29.7. The Morgan fingerprint density at radius 1 is 0.609 bits per heavy atom. The van der Waals surface area contributed by atoms with Gasteiger partial charge >= 0.3 is 0 Å². The van der Waals surface area contributed by atoms with Crippen molar-refractivity contribution in [2.75, 3.05) is 5.75 Å². The molecule has 0 rings (SSSR count). The third kappa shape index (κ3) is 33.7. The molecule has 0 saturated carbocycles. The third-order valence-corrected chi connectivity index (χ3v) is 9.04. The van der Waals surface area contributed by atoms with Gasteiger partial charge in [-0.2, -0.15) is 8.42 Å². The number of amides is 1. The highest BCUT2D eigenvalue weighted by Gasteiger charge is 2.24. The second-order valence-electron chi connectivity index (χ2n) is 12.8. The normalized spacial score (nSPS) is 13.9. The van der Waals surface area contributed by atoms with E-state index in [2.05, 4.69) is 55.6 Å². The molecule has 1 amide bonds. The zero-order chi connectivity index (χ0) is 34.0. The van der Waals surface area contributed by atoms with E-state index in [1.54, 1.807) is 6.08 Å². The monoisotopic (exact) mass is 666 g/mol. The van der Waals surface area contributed by atoms with Crippen LogP contribution in [0, 0.1) is 0 Å². The van der Waals surface area contributed by atoms with Gasteiger partial charge in [-0.15, -0.1) is 0 Å². The molecule has 46 heavy (non-hydrogen) atoms. The van der Waals surface area contributed by atoms with Crippen molar-refractivity contribution in [1.82, 2.24) is 5.32 Å². The van der Waals surface area contributed by atoms with Gasteiger partial charge in [-0.1, -0.05) is 165 Å². The standard InChI is InChI=1S/C39H71NO5S/c1-3-5-7-9-11-13-15-17-19-21-22-24-26-28-30-32-34-38(41)37(36-46(43,44)45)40-39(42)35-33-31-29-27-25-23-20-18-16-14-12-10-8-6-4-2/h6,8,12,14,18,20,32,34,37-38,41H,3-5,7,9-11,13,15-17,19,21-31,33,35-36H2,1-2H3,(H,40,42)(H,43,44,45)/b8-6-,14-12-,20-18-,34-32+. The molecule has 0 aromatic heterocycles. The molecule has 0 saturated heterocycles. The van der Waals surface area contributed by atoms with E-state index in [0.717, 1.165) is 70.6 Å². The number of nitrogens with one attached hydrogen (secondary N) is 1. The highest BCUT2D eigenvalue weighted by molar-refractivity contribution is 7.85. The molecule has 6 nitrogen and oxygen atoms in total. The van der Waals surface area contributed by atoms with Crippen LogP contribution in [-0.2, 0) is 14.9 Å². The van der Waals surface area contributed by atoms with E-state index < -0.39 is 28.0 Å². The molecule has 0 spiro atoms. The maximum Gasteiger partial charge on any atom is 0.267 e. The maximum atomic E-state index is 12.5. The number of allylic oxidation sites excluding steroid dienone is 7. The van der Waals surface area contributed by atoms with Crippen molar-refractivity contribution in [3.63, 3.8) is 0 Å². The van der Waals surface area contributed by atoms with Crippen molar-refractivity contribution < 1.29 is 22.9 Å². The van der Waals surface area contributed by atoms with E-state index in [9.17, 15) is 22.9 Å². The molecule has 2 atom stereocenters. The first-order valence-electron chi connectivity index (χ1n) is 18.8. The van der Waals surface area contributed by atoms with Crippen LogP contribution in [0.25, 0.3) is 0 Å². The van der Waals surface area contributed by atoms with Crippen molar-refractivity contribution in [1.29, 1.82) is 0 Å². The molecule has 0 aromatic rings. The van der Waals surface area contributed by atoms with Gasteiger partial charge in [0.25, 0.3) is 10.1 Å². The molecule has 2 unspecified atom stereocenters. The van der Waals surface area contributed by atoms with Gasteiger partial charge in [0.2, 0.25) is 5.91 Å². The topological polar surface area (TPSA) is 104 Å². The van der Waals surface area contributed by atoms with Gasteiger partial charge in [-0.25, -0.2) is 0 Å². The number of carbonyl (C=O) groups excluding carboxylic acids is 1. The molecule has 0 aliphatic carbocycles. The quantitative estimate of drug-likeness (QED) is 0.0368. The Balaban J connectivity index is 4.01. The average molecular weight is 666 g/mol. The molecule has 7 heteroatoms. The first-order valence-corrected chi connectivity index (χ1v) is 20.4. The average Bonchev–Trinajstić information content (AvgIpc) is 3.01. The number of rotatable bonds is 33. The highest BCUT2D eigenvalue weighted by atomic mass is 32.2. The minimum absolute atomic E-state index is 0.275. The first kappa shape index (κ1) is 44.3. The van der Waals surface area contributed by atoms with Crippen molar-refractivity contribution in [2.24, 2.45) is 0 Å². The van der Waals surface area contributed by atoms with E-state index in [-0.39, 0.29) is 12.3 Å². The van der Waals surface area contributed by atoms with Crippen molar-refractivity contribution in [3.8, 4) is 0 Å². The summed E-state index contributed by atoms with van der Waals surface area (Å²) in [5.74, 6) is -1.00. The lowest BCUT2D eigenvalue weighted by Gasteiger charge is -2.21. The minimum Gasteiger partial charge on any atom is -0.387 e. The largest absolute Gasteiger partial charge is 0.387 e. The van der Waals surface area contributed by atoms with Crippen molar-refractivity contribution in [2.45, 2.75) is 187 Å². The molecular formula is C39H71NO5S. The number of aliphatic hydroxyl groups is 1. The van der Waals surface area contributed by atoms with Crippen LogP contribution in [0.2, 0.25) is 0 Å². The lowest BCUT2D eigenvalue weighted by Crippen LogP contribution is -2.46. The molecule has 0 aliphatic rings. The van der Waals surface area contributed by atoms with Gasteiger partial charge in [0.1, 0.15) is 0 Å². The number of aliphatic hydroxyl groups excluding tert-OH is 1. The second-order valence-corrected chi connectivity index (χ2v) is 14.3. The Kier molecular flexibility index (Phi) is 32.0. The van der Waals surface area contributed by atoms with Crippen LogP contribution < -0.4 is 5.32 Å². The van der Waals surface area contributed by atoms with Gasteiger partial charge in [0.15, 0.2) is 0 Å². The van der Waals surface area contributed by atoms with Gasteiger partial charge in [-0.05, 0) is 51.4 Å². The van der Waals surface area contributed by atoms with E-state index in [1.165, 1.54) is 77.0 Å². The summed E-state index contributed by atoms with van der Waals surface area (Å²) in [6, 6.07) is -1.07. The van der Waals surface area contributed by atoms with Gasteiger partial charge in [-0.3, -0.25) is 9.35 Å². The van der Waals surface area contributed by atoms with Gasteiger partial charge in [0, 0.05) is 6.42 Å². The van der Waals surface area contributed by atoms with E-state index in [0.29, 0.717) is 6.42 Å². The Hall–Kier alpha value is -1.70. The van der Waals surface area contributed by atoms with Crippen LogP contribution in [0.3, 0.4) is 0 Å². The van der Waals surface area contributed by atoms with E-state index in [4.69, 9.17) is 0 Å². The van der Waals surface area contributed by atoms with Crippen LogP contribution >= 0.6 is 0 Å². The Morgan fingerprint density at radius 3 is 1.54 bits per heavy atom. The van der Waals surface area contributed by atoms with Crippen LogP contribution in [-0.4, -0.2) is 41.9 Å². The Morgan fingerprint density at radius 2 is 1.04 bits per heavy atom. The highest BCUT2D eigenvalue weighted by Crippen LogP contribution is 2.14. The summed E-state index contributed by atoms with van der Waals surface area (Å²) in [4.78, 5) is 12.5. The van der Waals surface area contributed by atoms with E-state index in [1.807, 2.05) is 6.08 Å². The number of unbranched alkanes of at least 4 members (excludes halogenated alkanes) is 19.